The minimum atomic E-state index is -0.326. The molecule has 2 heterocycles. The first kappa shape index (κ1) is 15.4. The third kappa shape index (κ3) is 4.81. The van der Waals surface area contributed by atoms with Gasteiger partial charge in [-0.05, 0) is 51.4 Å². The topological polar surface area (TPSA) is 51.4 Å². The predicted molar refractivity (Wildman–Crippen MR) is 76.8 cm³/mol. The van der Waals surface area contributed by atoms with Crippen LogP contribution in [0.1, 0.15) is 37.4 Å². The summed E-state index contributed by atoms with van der Waals surface area (Å²) >= 11 is 0. The summed E-state index contributed by atoms with van der Waals surface area (Å²) in [7, 11) is 2.09. The Morgan fingerprint density at radius 1 is 1.50 bits per heavy atom. The summed E-state index contributed by atoms with van der Waals surface area (Å²) in [6.45, 7) is 2.72. The van der Waals surface area contributed by atoms with Crippen LogP contribution in [0, 0.1) is 5.82 Å². The highest BCUT2D eigenvalue weighted by Gasteiger charge is 2.16. The number of hydrogen-bond donors (Lipinski definition) is 1. The van der Waals surface area contributed by atoms with Gasteiger partial charge in [-0.1, -0.05) is 0 Å². The highest BCUT2D eigenvalue weighted by atomic mass is 19.1. The molecule has 2 unspecified atom stereocenters. The van der Waals surface area contributed by atoms with Crippen LogP contribution in [-0.2, 0) is 4.74 Å². The average molecular weight is 281 g/mol. The lowest BCUT2D eigenvalue weighted by Crippen LogP contribution is -2.34. The summed E-state index contributed by atoms with van der Waals surface area (Å²) < 4.78 is 18.5. The van der Waals surface area contributed by atoms with Crippen LogP contribution < -0.4 is 5.73 Å². The fourth-order valence-corrected chi connectivity index (χ4v) is 2.50. The maximum Gasteiger partial charge on any atom is 0.141 e. The van der Waals surface area contributed by atoms with Crippen molar-refractivity contribution in [2.24, 2.45) is 5.73 Å². The molecule has 1 aliphatic rings. The largest absolute Gasteiger partial charge is 0.377 e. The van der Waals surface area contributed by atoms with E-state index >= 15 is 0 Å². The molecule has 0 saturated carbocycles. The van der Waals surface area contributed by atoms with Gasteiger partial charge in [0.15, 0.2) is 0 Å². The van der Waals surface area contributed by atoms with Crippen LogP contribution in [-0.4, -0.2) is 42.7 Å². The van der Waals surface area contributed by atoms with Gasteiger partial charge in [-0.15, -0.1) is 0 Å². The van der Waals surface area contributed by atoms with Gasteiger partial charge >= 0.3 is 0 Å². The van der Waals surface area contributed by atoms with E-state index in [1.807, 2.05) is 0 Å². The molecule has 2 rings (SSSR count). The Hall–Kier alpha value is -1.04. The first-order chi connectivity index (χ1) is 9.65. The lowest BCUT2D eigenvalue weighted by molar-refractivity contribution is -0.00176. The van der Waals surface area contributed by atoms with Crippen molar-refractivity contribution in [1.82, 2.24) is 9.88 Å². The predicted octanol–water partition coefficient (Wildman–Crippen LogP) is 2.11. The van der Waals surface area contributed by atoms with E-state index in [-0.39, 0.29) is 11.9 Å². The SMILES string of the molecule is CN(CCC(N)c1ccc(F)cn1)CC1CCCCO1. The van der Waals surface area contributed by atoms with Crippen LogP contribution in [0.15, 0.2) is 18.3 Å². The highest BCUT2D eigenvalue weighted by Crippen LogP contribution is 2.15. The maximum absolute atomic E-state index is 12.8. The van der Waals surface area contributed by atoms with Crippen molar-refractivity contribution in [2.75, 3.05) is 26.7 Å². The molecule has 2 atom stereocenters. The van der Waals surface area contributed by atoms with Crippen LogP contribution in [0.2, 0.25) is 0 Å². The van der Waals surface area contributed by atoms with Crippen LogP contribution in [0.25, 0.3) is 0 Å². The number of rotatable bonds is 6. The van der Waals surface area contributed by atoms with Gasteiger partial charge in [-0.25, -0.2) is 4.39 Å². The molecule has 112 valence electrons. The molecule has 1 aromatic heterocycles. The lowest BCUT2D eigenvalue weighted by atomic mass is 10.1. The third-order valence-corrected chi connectivity index (χ3v) is 3.74. The van der Waals surface area contributed by atoms with Gasteiger partial charge in [0.05, 0.1) is 18.0 Å². The summed E-state index contributed by atoms with van der Waals surface area (Å²) in [5, 5.41) is 0. The van der Waals surface area contributed by atoms with E-state index < -0.39 is 0 Å². The molecule has 0 spiro atoms. The first-order valence-electron chi connectivity index (χ1n) is 7.32. The summed E-state index contributed by atoms with van der Waals surface area (Å²) in [4.78, 5) is 6.28. The number of ether oxygens (including phenoxy) is 1. The van der Waals surface area contributed by atoms with E-state index in [2.05, 4.69) is 16.9 Å². The highest BCUT2D eigenvalue weighted by molar-refractivity contribution is 5.09. The van der Waals surface area contributed by atoms with Crippen molar-refractivity contribution in [3.63, 3.8) is 0 Å². The standard InChI is InChI=1S/C15H24FN3O/c1-19(11-13-4-2-3-9-20-13)8-7-14(17)15-6-5-12(16)10-18-15/h5-6,10,13-14H,2-4,7-9,11,17H2,1H3. The van der Waals surface area contributed by atoms with E-state index in [9.17, 15) is 4.39 Å². The zero-order valence-corrected chi connectivity index (χ0v) is 12.1. The Morgan fingerprint density at radius 2 is 2.35 bits per heavy atom. The van der Waals surface area contributed by atoms with Gasteiger partial charge in [0.2, 0.25) is 0 Å². The van der Waals surface area contributed by atoms with Gasteiger partial charge < -0.3 is 15.4 Å². The van der Waals surface area contributed by atoms with Gasteiger partial charge in [0.1, 0.15) is 5.82 Å². The fraction of sp³-hybridized carbons (Fsp3) is 0.667. The summed E-state index contributed by atoms with van der Waals surface area (Å²) in [5.41, 5.74) is 6.83. The van der Waals surface area contributed by atoms with Crippen molar-refractivity contribution in [2.45, 2.75) is 37.8 Å². The normalized spacial score (nSPS) is 21.1. The second kappa shape index (κ2) is 7.67. The quantitative estimate of drug-likeness (QED) is 0.867. The molecule has 4 nitrogen and oxygen atoms in total. The second-order valence-corrected chi connectivity index (χ2v) is 5.55. The van der Waals surface area contributed by atoms with Gasteiger partial charge in [0.25, 0.3) is 0 Å². The molecule has 20 heavy (non-hydrogen) atoms. The Kier molecular flexibility index (Phi) is 5.88. The minimum Gasteiger partial charge on any atom is -0.377 e. The minimum absolute atomic E-state index is 0.148. The van der Waals surface area contributed by atoms with Gasteiger partial charge in [-0.3, -0.25) is 4.98 Å². The van der Waals surface area contributed by atoms with Crippen molar-refractivity contribution in [3.05, 3.63) is 29.8 Å². The lowest BCUT2D eigenvalue weighted by Gasteiger charge is -2.27. The summed E-state index contributed by atoms with van der Waals surface area (Å²) in [5.74, 6) is -0.326. The molecule has 0 bridgehead atoms. The molecule has 1 aromatic rings. The number of pyridine rings is 1. The molecule has 0 radical (unpaired) electrons. The third-order valence-electron chi connectivity index (χ3n) is 3.74. The molecule has 0 aromatic carbocycles. The Labute approximate surface area is 120 Å². The van der Waals surface area contributed by atoms with Gasteiger partial charge in [0, 0.05) is 19.2 Å². The molecule has 0 amide bonds. The van der Waals surface area contributed by atoms with Crippen LogP contribution in [0.3, 0.4) is 0 Å². The second-order valence-electron chi connectivity index (χ2n) is 5.55. The molecule has 5 heteroatoms. The zero-order chi connectivity index (χ0) is 14.4. The van der Waals surface area contributed by atoms with E-state index in [1.54, 1.807) is 6.07 Å². The Morgan fingerprint density at radius 3 is 3.00 bits per heavy atom. The van der Waals surface area contributed by atoms with Crippen LogP contribution in [0.4, 0.5) is 4.39 Å². The van der Waals surface area contributed by atoms with Crippen molar-refractivity contribution in [3.8, 4) is 0 Å². The number of nitrogens with zero attached hydrogens (tertiary/aromatic N) is 2. The van der Waals surface area contributed by atoms with E-state index in [1.165, 1.54) is 25.1 Å². The van der Waals surface area contributed by atoms with E-state index in [4.69, 9.17) is 10.5 Å². The number of halogens is 1. The molecule has 0 aliphatic carbocycles. The zero-order valence-electron chi connectivity index (χ0n) is 12.1. The molecule has 1 saturated heterocycles. The van der Waals surface area contributed by atoms with Crippen LogP contribution >= 0.6 is 0 Å². The molecule has 1 aliphatic heterocycles. The summed E-state index contributed by atoms with van der Waals surface area (Å²) in [6, 6.07) is 2.91. The van der Waals surface area contributed by atoms with Crippen LogP contribution in [0.5, 0.6) is 0 Å². The first-order valence-corrected chi connectivity index (χ1v) is 7.32. The molecular weight excluding hydrogens is 257 g/mol. The number of likely N-dealkylation sites (N-methyl/N-ethyl adjacent to an activating group) is 1. The fourth-order valence-electron chi connectivity index (χ4n) is 2.50. The molecule has 1 fully saturated rings. The molecular formula is C15H24FN3O. The number of aromatic nitrogens is 1. The van der Waals surface area contributed by atoms with E-state index in [0.29, 0.717) is 6.10 Å². The smallest absolute Gasteiger partial charge is 0.141 e. The number of hydrogen-bond acceptors (Lipinski definition) is 4. The maximum atomic E-state index is 12.8. The average Bonchev–Trinajstić information content (AvgIpc) is 2.46. The van der Waals surface area contributed by atoms with Crippen molar-refractivity contribution >= 4 is 0 Å². The monoisotopic (exact) mass is 281 g/mol. The van der Waals surface area contributed by atoms with Gasteiger partial charge in [-0.2, -0.15) is 0 Å². The van der Waals surface area contributed by atoms with Crippen molar-refractivity contribution < 1.29 is 9.13 Å². The van der Waals surface area contributed by atoms with E-state index in [0.717, 1.165) is 38.2 Å². The Bertz CT molecular complexity index is 393. The Balaban J connectivity index is 1.71. The molecule has 2 N–H and O–H groups in total. The summed E-state index contributed by atoms with van der Waals surface area (Å²) in [6.07, 6.45) is 5.97. The number of nitrogens with two attached hydrogens (primary N) is 1. The van der Waals surface area contributed by atoms with Crippen molar-refractivity contribution in [1.29, 1.82) is 0 Å².